The van der Waals surface area contributed by atoms with Crippen LogP contribution in [0.25, 0.3) is 10.8 Å². The van der Waals surface area contributed by atoms with Gasteiger partial charge in [0.2, 0.25) is 6.71 Å². The average Bonchev–Trinajstić information content (AvgIpc) is 2.82. The molecule has 0 nitrogen and oxygen atoms in total. The molecule has 0 saturated heterocycles. The lowest BCUT2D eigenvalue weighted by atomic mass is 9.33. The first-order chi connectivity index (χ1) is 17.3. The van der Waals surface area contributed by atoms with Crippen LogP contribution in [0.2, 0.25) is 0 Å². The first-order valence-corrected chi connectivity index (χ1v) is 13.5. The van der Waals surface area contributed by atoms with Crippen molar-refractivity contribution in [3.8, 4) is 0 Å². The third kappa shape index (κ3) is 4.63. The second-order valence-electron chi connectivity index (χ2n) is 10.2. The fourth-order valence-electron chi connectivity index (χ4n) is 6.02. The zero-order chi connectivity index (χ0) is 25.4. The fourth-order valence-corrected chi connectivity index (χ4v) is 7.06. The Bertz CT molecular complexity index is 1460. The molecule has 0 unspecified atom stereocenters. The summed E-state index contributed by atoms with van der Waals surface area (Å²) < 4.78 is 0. The van der Waals surface area contributed by atoms with Crippen LogP contribution in [0.15, 0.2) is 101 Å². The normalized spacial score (nSPS) is 11.2. The van der Waals surface area contributed by atoms with Crippen LogP contribution in [0.1, 0.15) is 33.4 Å². The third-order valence-electron chi connectivity index (χ3n) is 7.23. The fraction of sp³-hybridized carbons (Fsp3) is 0.176. The predicted molar refractivity (Wildman–Crippen MR) is 160 cm³/mol. The Morgan fingerprint density at radius 3 is 1.56 bits per heavy atom. The average molecular weight is 485 g/mol. The number of fused-ring (bicyclic) bond motifs is 1. The Kier molecular flexibility index (Phi) is 6.82. The van der Waals surface area contributed by atoms with Crippen LogP contribution in [0.3, 0.4) is 0 Å². The molecule has 5 aromatic carbocycles. The molecule has 0 aromatic heterocycles. The molecule has 0 radical (unpaired) electrons. The molecular weight excluding hydrogens is 451 g/mol. The summed E-state index contributed by atoms with van der Waals surface area (Å²) in [7, 11) is 0. The maximum atomic E-state index is 2.36. The van der Waals surface area contributed by atoms with E-state index in [0.717, 1.165) is 0 Å². The van der Waals surface area contributed by atoms with E-state index in [1.54, 1.807) is 0 Å². The smallest absolute Gasteiger partial charge is 0.0895 e. The summed E-state index contributed by atoms with van der Waals surface area (Å²) in [6, 6.07) is 33.7. The number of hydrogen-bond donors (Lipinski definition) is 0. The van der Waals surface area contributed by atoms with Crippen LogP contribution in [-0.2, 0) is 0 Å². The van der Waals surface area contributed by atoms with Gasteiger partial charge in [-0.05, 0) is 70.5 Å². The Morgan fingerprint density at radius 2 is 1.03 bits per heavy atom. The topological polar surface area (TPSA) is 0 Å². The molecule has 178 valence electrons. The van der Waals surface area contributed by atoms with Crippen molar-refractivity contribution >= 4 is 45.6 Å². The molecule has 0 aliphatic carbocycles. The molecule has 0 fully saturated rings. The highest BCUT2D eigenvalue weighted by Gasteiger charge is 2.30. The summed E-state index contributed by atoms with van der Waals surface area (Å²) in [6.07, 6.45) is 0. The maximum Gasteiger partial charge on any atom is 0.243 e. The Hall–Kier alpha value is -3.23. The highest BCUT2D eigenvalue weighted by molar-refractivity contribution is 7.99. The minimum absolute atomic E-state index is 0.160. The number of aryl methyl sites for hydroxylation is 6. The van der Waals surface area contributed by atoms with Crippen molar-refractivity contribution in [2.24, 2.45) is 0 Å². The SMILES string of the molecule is Cc1cc(C)c(B(c2c(C)cc(C)cc2C)c2cccc3cccc(Sc4ccccc4)c23)c(C)c1. The number of benzene rings is 5. The lowest BCUT2D eigenvalue weighted by Crippen LogP contribution is -2.56. The van der Waals surface area contributed by atoms with E-state index in [4.69, 9.17) is 0 Å². The van der Waals surface area contributed by atoms with E-state index in [1.165, 1.54) is 70.3 Å². The van der Waals surface area contributed by atoms with Crippen LogP contribution in [0.5, 0.6) is 0 Å². The van der Waals surface area contributed by atoms with Gasteiger partial charge in [-0.25, -0.2) is 0 Å². The first-order valence-electron chi connectivity index (χ1n) is 12.7. The Balaban J connectivity index is 1.85. The van der Waals surface area contributed by atoms with E-state index in [0.29, 0.717) is 0 Å². The first kappa shape index (κ1) is 24.5. The van der Waals surface area contributed by atoms with Crippen LogP contribution in [0, 0.1) is 41.5 Å². The van der Waals surface area contributed by atoms with Gasteiger partial charge in [-0.15, -0.1) is 0 Å². The molecule has 2 heteroatoms. The van der Waals surface area contributed by atoms with Crippen molar-refractivity contribution in [1.29, 1.82) is 0 Å². The monoisotopic (exact) mass is 484 g/mol. The van der Waals surface area contributed by atoms with Gasteiger partial charge in [0.05, 0.1) is 0 Å². The highest BCUT2D eigenvalue weighted by atomic mass is 32.2. The molecule has 5 aromatic rings. The van der Waals surface area contributed by atoms with Gasteiger partial charge in [-0.3, -0.25) is 0 Å². The van der Waals surface area contributed by atoms with E-state index in [-0.39, 0.29) is 6.71 Å². The second kappa shape index (κ2) is 10.0. The van der Waals surface area contributed by atoms with Gasteiger partial charge < -0.3 is 0 Å². The van der Waals surface area contributed by atoms with E-state index in [1.807, 2.05) is 11.8 Å². The van der Waals surface area contributed by atoms with Gasteiger partial charge in [0.15, 0.2) is 0 Å². The van der Waals surface area contributed by atoms with E-state index < -0.39 is 0 Å². The van der Waals surface area contributed by atoms with Crippen LogP contribution >= 0.6 is 11.8 Å². The van der Waals surface area contributed by atoms with Crippen LogP contribution in [0.4, 0.5) is 0 Å². The summed E-state index contributed by atoms with van der Waals surface area (Å²) in [5.41, 5.74) is 12.3. The standard InChI is InChI=1S/C34H33BS/c1-22-18-24(3)33(25(4)19-22)35(34-26(5)20-23(2)21-27(34)6)30-16-10-12-28-13-11-17-31(32(28)30)36-29-14-8-7-9-15-29/h7-21H,1-6H3. The maximum absolute atomic E-state index is 2.36. The highest BCUT2D eigenvalue weighted by Crippen LogP contribution is 2.33. The molecule has 0 spiro atoms. The molecular formula is C34H33BS. The Morgan fingerprint density at radius 1 is 0.528 bits per heavy atom. The summed E-state index contributed by atoms with van der Waals surface area (Å²) in [5.74, 6) is 0. The predicted octanol–water partition coefficient (Wildman–Crippen LogP) is 7.36. The summed E-state index contributed by atoms with van der Waals surface area (Å²) in [5, 5.41) is 2.65. The third-order valence-corrected chi connectivity index (χ3v) is 8.30. The molecule has 5 rings (SSSR count). The van der Waals surface area contributed by atoms with Gasteiger partial charge in [-0.2, -0.15) is 0 Å². The van der Waals surface area contributed by atoms with Crippen LogP contribution < -0.4 is 16.4 Å². The molecule has 0 saturated carbocycles. The molecule has 36 heavy (non-hydrogen) atoms. The quantitative estimate of drug-likeness (QED) is 0.235. The number of rotatable bonds is 5. The van der Waals surface area contributed by atoms with Gasteiger partial charge in [-0.1, -0.05) is 134 Å². The van der Waals surface area contributed by atoms with Crippen molar-refractivity contribution in [1.82, 2.24) is 0 Å². The minimum atomic E-state index is 0.160. The summed E-state index contributed by atoms with van der Waals surface area (Å²) >= 11 is 1.86. The van der Waals surface area contributed by atoms with Crippen molar-refractivity contribution in [2.75, 3.05) is 0 Å². The molecule has 0 bridgehead atoms. The van der Waals surface area contributed by atoms with E-state index >= 15 is 0 Å². The lowest BCUT2D eigenvalue weighted by molar-refractivity contribution is 1.34. The van der Waals surface area contributed by atoms with Gasteiger partial charge in [0.1, 0.15) is 0 Å². The van der Waals surface area contributed by atoms with E-state index in [2.05, 4.69) is 133 Å². The minimum Gasteiger partial charge on any atom is -0.0895 e. The summed E-state index contributed by atoms with van der Waals surface area (Å²) in [4.78, 5) is 2.57. The van der Waals surface area contributed by atoms with Crippen molar-refractivity contribution in [2.45, 2.75) is 51.3 Å². The molecule has 0 amide bonds. The molecule has 0 aliphatic heterocycles. The van der Waals surface area contributed by atoms with Gasteiger partial charge in [0, 0.05) is 9.79 Å². The molecule has 0 N–H and O–H groups in total. The van der Waals surface area contributed by atoms with E-state index in [9.17, 15) is 0 Å². The molecule has 0 atom stereocenters. The molecule has 0 aliphatic rings. The molecule has 0 heterocycles. The largest absolute Gasteiger partial charge is 0.243 e. The van der Waals surface area contributed by atoms with Crippen molar-refractivity contribution in [3.63, 3.8) is 0 Å². The number of hydrogen-bond acceptors (Lipinski definition) is 1. The summed E-state index contributed by atoms with van der Waals surface area (Å²) in [6.45, 7) is 13.7. The Labute approximate surface area is 220 Å². The lowest BCUT2D eigenvalue weighted by Gasteiger charge is -2.26. The van der Waals surface area contributed by atoms with Crippen molar-refractivity contribution < 1.29 is 0 Å². The second-order valence-corrected chi connectivity index (χ2v) is 11.3. The zero-order valence-corrected chi connectivity index (χ0v) is 23.0. The zero-order valence-electron chi connectivity index (χ0n) is 22.1. The van der Waals surface area contributed by atoms with Crippen molar-refractivity contribution in [3.05, 3.63) is 124 Å². The van der Waals surface area contributed by atoms with Gasteiger partial charge >= 0.3 is 0 Å². The van der Waals surface area contributed by atoms with Crippen LogP contribution in [-0.4, -0.2) is 6.71 Å². The van der Waals surface area contributed by atoms with Gasteiger partial charge in [0.25, 0.3) is 0 Å².